The summed E-state index contributed by atoms with van der Waals surface area (Å²) in [6.07, 6.45) is 1.57. The highest BCUT2D eigenvalue weighted by Crippen LogP contribution is 2.37. The zero-order chi connectivity index (χ0) is 22.5. The van der Waals surface area contributed by atoms with Gasteiger partial charge in [0.1, 0.15) is 0 Å². The van der Waals surface area contributed by atoms with E-state index in [4.69, 9.17) is 25.8 Å². The number of likely N-dealkylation sites (N-methyl/N-ethyl adjacent to an activating group) is 1. The second kappa shape index (κ2) is 9.66. The first-order valence-electron chi connectivity index (χ1n) is 9.68. The second-order valence-electron chi connectivity index (χ2n) is 6.99. The molecule has 162 valence electrons. The van der Waals surface area contributed by atoms with Gasteiger partial charge in [0, 0.05) is 19.7 Å². The Morgan fingerprint density at radius 3 is 2.65 bits per heavy atom. The summed E-state index contributed by atoms with van der Waals surface area (Å²) in [6, 6.07) is 10.8. The quantitative estimate of drug-likeness (QED) is 0.480. The third kappa shape index (κ3) is 5.24. The number of benzene rings is 2. The molecule has 0 spiro atoms. The van der Waals surface area contributed by atoms with Crippen molar-refractivity contribution in [1.82, 2.24) is 4.90 Å². The first kappa shape index (κ1) is 22.4. The van der Waals surface area contributed by atoms with Crippen molar-refractivity contribution in [3.05, 3.63) is 63.8 Å². The van der Waals surface area contributed by atoms with Crippen molar-refractivity contribution in [3.63, 3.8) is 0 Å². The third-order valence-corrected chi connectivity index (χ3v) is 4.75. The largest absolute Gasteiger partial charge is 0.490 e. The van der Waals surface area contributed by atoms with E-state index in [0.717, 1.165) is 11.1 Å². The van der Waals surface area contributed by atoms with E-state index in [1.165, 1.54) is 4.90 Å². The molecule has 0 unspecified atom stereocenters. The van der Waals surface area contributed by atoms with Crippen LogP contribution >= 0.6 is 11.6 Å². The van der Waals surface area contributed by atoms with Gasteiger partial charge in [-0.3, -0.25) is 4.79 Å². The number of hydrogen-bond donors (Lipinski definition) is 0. The predicted octanol–water partition coefficient (Wildman–Crippen LogP) is 3.86. The molecule has 1 heterocycles. The van der Waals surface area contributed by atoms with Gasteiger partial charge in [-0.2, -0.15) is 0 Å². The maximum absolute atomic E-state index is 12.3. The summed E-state index contributed by atoms with van der Waals surface area (Å²) in [6.45, 7) is 3.93. The van der Waals surface area contributed by atoms with E-state index in [9.17, 15) is 9.59 Å². The Morgan fingerprint density at radius 2 is 1.97 bits per heavy atom. The zero-order valence-corrected chi connectivity index (χ0v) is 18.5. The van der Waals surface area contributed by atoms with Gasteiger partial charge in [0.25, 0.3) is 5.91 Å². The Bertz CT molecular complexity index is 1080. The lowest BCUT2D eigenvalue weighted by molar-refractivity contribution is -0.131. The number of esters is 1. The summed E-state index contributed by atoms with van der Waals surface area (Å²) < 4.78 is 16.6. The van der Waals surface area contributed by atoms with Crippen LogP contribution in [-0.4, -0.2) is 50.0 Å². The van der Waals surface area contributed by atoms with Gasteiger partial charge in [-0.1, -0.05) is 29.8 Å². The average Bonchev–Trinajstić information content (AvgIpc) is 3.07. The topological polar surface area (TPSA) is 77.4 Å². The summed E-state index contributed by atoms with van der Waals surface area (Å²) in [5.74, 6) is 0.121. The molecule has 0 fully saturated rings. The number of halogens is 1. The summed E-state index contributed by atoms with van der Waals surface area (Å²) in [5, 5.41) is 0.249. The number of hydrogen-bond acceptors (Lipinski definition) is 6. The summed E-state index contributed by atoms with van der Waals surface area (Å²) in [5.41, 5.74) is 2.43. The van der Waals surface area contributed by atoms with E-state index < -0.39 is 5.97 Å². The van der Waals surface area contributed by atoms with Gasteiger partial charge < -0.3 is 19.1 Å². The van der Waals surface area contributed by atoms with E-state index in [1.54, 1.807) is 32.3 Å². The molecule has 1 amide bonds. The van der Waals surface area contributed by atoms with Gasteiger partial charge in [0.05, 0.1) is 11.6 Å². The lowest BCUT2D eigenvalue weighted by Gasteiger charge is -2.16. The van der Waals surface area contributed by atoms with Crippen LogP contribution in [0.25, 0.3) is 6.08 Å². The van der Waals surface area contributed by atoms with Crippen molar-refractivity contribution < 1.29 is 23.8 Å². The van der Waals surface area contributed by atoms with Crippen LogP contribution in [0.3, 0.4) is 0 Å². The van der Waals surface area contributed by atoms with Crippen LogP contribution in [-0.2, 0) is 14.3 Å². The number of ether oxygens (including phenoxy) is 3. The van der Waals surface area contributed by atoms with Crippen LogP contribution in [0.2, 0.25) is 5.02 Å². The summed E-state index contributed by atoms with van der Waals surface area (Å²) in [4.78, 5) is 29.9. The molecule has 3 rings (SSSR count). The smallest absolute Gasteiger partial charge is 0.363 e. The van der Waals surface area contributed by atoms with Gasteiger partial charge >= 0.3 is 5.97 Å². The third-order valence-electron chi connectivity index (χ3n) is 4.47. The van der Waals surface area contributed by atoms with Crippen LogP contribution in [0.4, 0.5) is 0 Å². The van der Waals surface area contributed by atoms with Crippen molar-refractivity contribution in [2.24, 2.45) is 4.99 Å². The molecule has 0 saturated carbocycles. The molecule has 8 heteroatoms. The van der Waals surface area contributed by atoms with Crippen molar-refractivity contribution >= 4 is 35.5 Å². The number of carbonyl (C=O) groups excluding carboxylic acids is 2. The lowest BCUT2D eigenvalue weighted by atomic mass is 10.1. The predicted molar refractivity (Wildman–Crippen MR) is 119 cm³/mol. The maximum atomic E-state index is 12.3. The van der Waals surface area contributed by atoms with Crippen LogP contribution < -0.4 is 9.47 Å². The van der Waals surface area contributed by atoms with Gasteiger partial charge in [-0.15, -0.1) is 0 Å². The molecule has 7 nitrogen and oxygen atoms in total. The fourth-order valence-electron chi connectivity index (χ4n) is 2.83. The van der Waals surface area contributed by atoms with Crippen LogP contribution in [0.5, 0.6) is 11.5 Å². The Kier molecular flexibility index (Phi) is 6.97. The molecule has 0 aromatic heterocycles. The normalized spacial score (nSPS) is 14.3. The van der Waals surface area contributed by atoms with Crippen LogP contribution in [0.1, 0.15) is 23.6 Å². The second-order valence-corrected chi connectivity index (χ2v) is 7.40. The Labute approximate surface area is 185 Å². The van der Waals surface area contributed by atoms with E-state index in [-0.39, 0.29) is 34.9 Å². The van der Waals surface area contributed by atoms with Crippen molar-refractivity contribution in [3.8, 4) is 11.5 Å². The molecule has 1 aliphatic rings. The first-order chi connectivity index (χ1) is 14.8. The number of aliphatic imine (C=N–C) groups is 1. The number of rotatable bonds is 7. The van der Waals surface area contributed by atoms with Crippen molar-refractivity contribution in [2.75, 3.05) is 27.3 Å². The van der Waals surface area contributed by atoms with Gasteiger partial charge in [-0.25, -0.2) is 9.79 Å². The minimum absolute atomic E-state index is 0.147. The van der Waals surface area contributed by atoms with Crippen LogP contribution in [0.15, 0.2) is 47.1 Å². The SMILES string of the molecule is CCOc1cc(C=C2N=C(c3ccccc3C)OC2=O)cc(Cl)c1OCC(=O)N(C)C. The standard InChI is InChI=1S/C23H23ClN2O5/c1-5-29-19-12-15(10-17(24)21(19)30-13-20(27)26(3)4)11-18-23(28)31-22(25-18)16-9-7-6-8-14(16)2/h6-12H,5,13H2,1-4H3. The first-order valence-corrected chi connectivity index (χ1v) is 10.1. The summed E-state index contributed by atoms with van der Waals surface area (Å²) in [7, 11) is 3.27. The van der Waals surface area contributed by atoms with Crippen LogP contribution in [0, 0.1) is 6.92 Å². The van der Waals surface area contributed by atoms with Crippen molar-refractivity contribution in [1.29, 1.82) is 0 Å². The molecule has 0 saturated heterocycles. The minimum atomic E-state index is -0.552. The molecular weight excluding hydrogens is 420 g/mol. The molecule has 31 heavy (non-hydrogen) atoms. The summed E-state index contributed by atoms with van der Waals surface area (Å²) >= 11 is 6.39. The Hall–Kier alpha value is -3.32. The highest BCUT2D eigenvalue weighted by Gasteiger charge is 2.25. The molecule has 0 atom stereocenters. The molecular formula is C23H23ClN2O5. The van der Waals surface area contributed by atoms with Gasteiger partial charge in [0.2, 0.25) is 5.90 Å². The fourth-order valence-corrected chi connectivity index (χ4v) is 3.11. The fraction of sp³-hybridized carbons (Fsp3) is 0.261. The number of amides is 1. The van der Waals surface area contributed by atoms with E-state index in [0.29, 0.717) is 17.9 Å². The zero-order valence-electron chi connectivity index (χ0n) is 17.8. The van der Waals surface area contributed by atoms with E-state index >= 15 is 0 Å². The highest BCUT2D eigenvalue weighted by molar-refractivity contribution is 6.32. The monoisotopic (exact) mass is 442 g/mol. The lowest BCUT2D eigenvalue weighted by Crippen LogP contribution is -2.27. The number of nitrogens with zero attached hydrogens (tertiary/aromatic N) is 2. The Balaban J connectivity index is 1.92. The molecule has 0 radical (unpaired) electrons. The van der Waals surface area contributed by atoms with Gasteiger partial charge in [-0.05, 0) is 49.2 Å². The Morgan fingerprint density at radius 1 is 1.23 bits per heavy atom. The van der Waals surface area contributed by atoms with E-state index in [1.807, 2.05) is 38.1 Å². The maximum Gasteiger partial charge on any atom is 0.363 e. The molecule has 1 aliphatic heterocycles. The molecule has 2 aromatic rings. The van der Waals surface area contributed by atoms with Gasteiger partial charge in [0.15, 0.2) is 23.8 Å². The molecule has 0 aliphatic carbocycles. The van der Waals surface area contributed by atoms with E-state index in [2.05, 4.69) is 4.99 Å². The molecule has 0 N–H and O–H groups in total. The number of cyclic esters (lactones) is 1. The molecule has 0 bridgehead atoms. The average molecular weight is 443 g/mol. The number of carbonyl (C=O) groups is 2. The minimum Gasteiger partial charge on any atom is -0.490 e. The van der Waals surface area contributed by atoms with Crippen molar-refractivity contribution in [2.45, 2.75) is 13.8 Å². The molecule has 2 aromatic carbocycles. The highest BCUT2D eigenvalue weighted by atomic mass is 35.5. The number of aryl methyl sites for hydroxylation is 1.